The second kappa shape index (κ2) is 5.01. The van der Waals surface area contributed by atoms with E-state index in [0.717, 1.165) is 0 Å². The summed E-state index contributed by atoms with van der Waals surface area (Å²) in [5.41, 5.74) is 0.621. The van der Waals surface area contributed by atoms with Crippen LogP contribution in [-0.4, -0.2) is 19.3 Å². The van der Waals surface area contributed by atoms with Crippen molar-refractivity contribution in [3.63, 3.8) is 0 Å². The van der Waals surface area contributed by atoms with Crippen molar-refractivity contribution in [1.82, 2.24) is 0 Å². The zero-order valence-corrected chi connectivity index (χ0v) is 7.82. The molecule has 0 radical (unpaired) electrons. The third-order valence-electron chi connectivity index (χ3n) is 1.62. The fourth-order valence-electron chi connectivity index (χ4n) is 0.989. The van der Waals surface area contributed by atoms with Crippen molar-refractivity contribution in [2.75, 3.05) is 12.4 Å². The summed E-state index contributed by atoms with van der Waals surface area (Å²) in [6, 6.07) is 6.94. The van der Waals surface area contributed by atoms with Gasteiger partial charge in [0, 0.05) is 11.8 Å². The van der Waals surface area contributed by atoms with Crippen molar-refractivity contribution >= 4 is 17.9 Å². The molecule has 1 aromatic carbocycles. The van der Waals surface area contributed by atoms with Crippen LogP contribution in [0.3, 0.4) is 0 Å². The quantitative estimate of drug-likeness (QED) is 0.577. The van der Waals surface area contributed by atoms with Gasteiger partial charge in [-0.05, 0) is 12.1 Å². The van der Waals surface area contributed by atoms with Crippen molar-refractivity contribution in [2.24, 2.45) is 0 Å². The molecule has 4 heteroatoms. The molecule has 0 saturated heterocycles. The summed E-state index contributed by atoms with van der Waals surface area (Å²) in [6.45, 7) is 0. The number of hydrogen-bond acceptors (Lipinski definition) is 3. The van der Waals surface area contributed by atoms with E-state index in [1.807, 2.05) is 0 Å². The highest BCUT2D eigenvalue weighted by Gasteiger charge is 2.01. The first kappa shape index (κ1) is 10.2. The lowest BCUT2D eigenvalue weighted by molar-refractivity contribution is -0.119. The molecule has 0 heterocycles. The number of benzene rings is 1. The maximum Gasteiger partial charge on any atom is 0.231 e. The van der Waals surface area contributed by atoms with Gasteiger partial charge in [-0.3, -0.25) is 4.79 Å². The van der Waals surface area contributed by atoms with Gasteiger partial charge < -0.3 is 14.8 Å². The van der Waals surface area contributed by atoms with Crippen molar-refractivity contribution in [3.05, 3.63) is 24.3 Å². The van der Waals surface area contributed by atoms with Crippen LogP contribution in [-0.2, 0) is 9.59 Å². The van der Waals surface area contributed by atoms with Gasteiger partial charge in [-0.2, -0.15) is 0 Å². The number of anilines is 1. The summed E-state index contributed by atoms with van der Waals surface area (Å²) in [5.74, 6) is 0.335. The number of aldehydes is 1. The summed E-state index contributed by atoms with van der Waals surface area (Å²) in [5, 5.41) is 2.57. The van der Waals surface area contributed by atoms with Crippen LogP contribution in [0.25, 0.3) is 0 Å². The Balaban J connectivity index is 2.66. The van der Waals surface area contributed by atoms with Crippen molar-refractivity contribution < 1.29 is 14.3 Å². The summed E-state index contributed by atoms with van der Waals surface area (Å²) in [7, 11) is 1.55. The molecule has 1 rings (SSSR count). The van der Waals surface area contributed by atoms with Crippen LogP contribution in [0.1, 0.15) is 6.42 Å². The van der Waals surface area contributed by atoms with E-state index in [9.17, 15) is 9.59 Å². The fraction of sp³-hybridized carbons (Fsp3) is 0.200. The third kappa shape index (κ3) is 2.90. The molecule has 0 aliphatic rings. The molecule has 74 valence electrons. The van der Waals surface area contributed by atoms with Gasteiger partial charge in [0.05, 0.1) is 13.5 Å². The number of methoxy groups -OCH3 is 1. The van der Waals surface area contributed by atoms with E-state index in [2.05, 4.69) is 5.32 Å². The molecule has 0 fully saturated rings. The summed E-state index contributed by atoms with van der Waals surface area (Å²) in [4.78, 5) is 21.1. The van der Waals surface area contributed by atoms with Crippen LogP contribution in [0.2, 0.25) is 0 Å². The highest BCUT2D eigenvalue weighted by molar-refractivity contribution is 5.98. The lowest BCUT2D eigenvalue weighted by Gasteiger charge is -2.04. The van der Waals surface area contributed by atoms with Crippen LogP contribution < -0.4 is 10.1 Å². The lowest BCUT2D eigenvalue weighted by atomic mass is 10.3. The molecule has 1 amide bonds. The molecule has 14 heavy (non-hydrogen) atoms. The SMILES string of the molecule is COc1cccc(NC(=O)CC=O)c1. The Morgan fingerprint density at radius 2 is 2.36 bits per heavy atom. The highest BCUT2D eigenvalue weighted by atomic mass is 16.5. The topological polar surface area (TPSA) is 55.4 Å². The van der Waals surface area contributed by atoms with E-state index in [4.69, 9.17) is 4.74 Å². The van der Waals surface area contributed by atoms with Gasteiger partial charge >= 0.3 is 0 Å². The van der Waals surface area contributed by atoms with Crippen LogP contribution in [0.4, 0.5) is 5.69 Å². The minimum atomic E-state index is -0.326. The zero-order chi connectivity index (χ0) is 10.4. The summed E-state index contributed by atoms with van der Waals surface area (Å²) >= 11 is 0. The zero-order valence-electron chi connectivity index (χ0n) is 7.82. The van der Waals surface area contributed by atoms with Gasteiger partial charge in [0.15, 0.2) is 0 Å². The predicted molar refractivity (Wildman–Crippen MR) is 52.3 cm³/mol. The van der Waals surface area contributed by atoms with Gasteiger partial charge in [-0.15, -0.1) is 0 Å². The molecule has 0 atom stereocenters. The number of carbonyl (C=O) groups is 2. The number of rotatable bonds is 4. The Morgan fingerprint density at radius 1 is 1.57 bits per heavy atom. The molecular weight excluding hydrogens is 182 g/mol. The van der Waals surface area contributed by atoms with Gasteiger partial charge in [0.1, 0.15) is 12.0 Å². The Kier molecular flexibility index (Phi) is 3.67. The Bertz CT molecular complexity index is 336. The fourth-order valence-corrected chi connectivity index (χ4v) is 0.989. The second-order valence-corrected chi connectivity index (χ2v) is 2.65. The van der Waals surface area contributed by atoms with Gasteiger partial charge in [-0.25, -0.2) is 0 Å². The molecular formula is C10H11NO3. The first-order valence-electron chi connectivity index (χ1n) is 4.14. The monoisotopic (exact) mass is 193 g/mol. The summed E-state index contributed by atoms with van der Waals surface area (Å²) < 4.78 is 4.98. The molecule has 0 aliphatic carbocycles. The van der Waals surface area contributed by atoms with E-state index in [-0.39, 0.29) is 12.3 Å². The molecule has 0 saturated carbocycles. The molecule has 0 unspecified atom stereocenters. The minimum Gasteiger partial charge on any atom is -0.497 e. The maximum absolute atomic E-state index is 11.0. The molecule has 0 spiro atoms. The maximum atomic E-state index is 11.0. The van der Waals surface area contributed by atoms with Crippen LogP contribution >= 0.6 is 0 Å². The van der Waals surface area contributed by atoms with Crippen LogP contribution in [0, 0.1) is 0 Å². The molecule has 1 aromatic rings. The molecule has 0 aromatic heterocycles. The smallest absolute Gasteiger partial charge is 0.231 e. The average molecular weight is 193 g/mol. The minimum absolute atomic E-state index is 0.128. The van der Waals surface area contributed by atoms with E-state index in [1.54, 1.807) is 31.4 Å². The Morgan fingerprint density at radius 3 is 3.00 bits per heavy atom. The van der Waals surface area contributed by atoms with E-state index >= 15 is 0 Å². The van der Waals surface area contributed by atoms with Gasteiger partial charge in [0.25, 0.3) is 0 Å². The number of hydrogen-bond donors (Lipinski definition) is 1. The lowest BCUT2D eigenvalue weighted by Crippen LogP contribution is -2.11. The number of amides is 1. The second-order valence-electron chi connectivity index (χ2n) is 2.65. The standard InChI is InChI=1S/C10H11NO3/c1-14-9-4-2-3-8(7-9)11-10(13)5-6-12/h2-4,6-7H,5H2,1H3,(H,11,13). The van der Waals surface area contributed by atoms with Crippen molar-refractivity contribution in [3.8, 4) is 5.75 Å². The van der Waals surface area contributed by atoms with E-state index in [1.165, 1.54) is 0 Å². The first-order valence-corrected chi connectivity index (χ1v) is 4.14. The number of ether oxygens (including phenoxy) is 1. The van der Waals surface area contributed by atoms with Crippen LogP contribution in [0.5, 0.6) is 5.75 Å². The highest BCUT2D eigenvalue weighted by Crippen LogP contribution is 2.16. The van der Waals surface area contributed by atoms with Crippen molar-refractivity contribution in [2.45, 2.75) is 6.42 Å². The third-order valence-corrected chi connectivity index (χ3v) is 1.62. The molecule has 1 N–H and O–H groups in total. The van der Waals surface area contributed by atoms with E-state index in [0.29, 0.717) is 17.7 Å². The Labute approximate surface area is 81.9 Å². The van der Waals surface area contributed by atoms with Gasteiger partial charge in [-0.1, -0.05) is 6.07 Å². The van der Waals surface area contributed by atoms with Gasteiger partial charge in [0.2, 0.25) is 5.91 Å². The Hall–Kier alpha value is -1.84. The largest absolute Gasteiger partial charge is 0.497 e. The normalized spacial score (nSPS) is 9.21. The molecule has 0 aliphatic heterocycles. The summed E-state index contributed by atoms with van der Waals surface area (Å²) in [6.07, 6.45) is 0.437. The predicted octanol–water partition coefficient (Wildman–Crippen LogP) is 1.22. The van der Waals surface area contributed by atoms with Crippen LogP contribution in [0.15, 0.2) is 24.3 Å². The van der Waals surface area contributed by atoms with E-state index < -0.39 is 0 Å². The molecule has 0 bridgehead atoms. The molecule has 4 nitrogen and oxygen atoms in total. The average Bonchev–Trinajstić information content (AvgIpc) is 2.18. The van der Waals surface area contributed by atoms with Crippen molar-refractivity contribution in [1.29, 1.82) is 0 Å². The first-order chi connectivity index (χ1) is 6.76. The number of nitrogens with one attached hydrogen (secondary N) is 1. The number of carbonyl (C=O) groups excluding carboxylic acids is 2.